The van der Waals surface area contributed by atoms with Gasteiger partial charge >= 0.3 is 0 Å². The molecule has 1 aliphatic carbocycles. The van der Waals surface area contributed by atoms with E-state index >= 15 is 0 Å². The second-order valence-electron chi connectivity index (χ2n) is 9.50. The number of ether oxygens (including phenoxy) is 2. The van der Waals surface area contributed by atoms with Crippen LogP contribution in [0.5, 0.6) is 5.75 Å². The highest BCUT2D eigenvalue weighted by molar-refractivity contribution is 5.97. The minimum atomic E-state index is -1.09. The SMILES string of the molecule is Cc1cc(OCC#CC(C)(C)O)cnc1C(=O)Cc1ccc(F)c([C@]2(C)N=C(N)O[C@H]3C[C@H]32)c1. The van der Waals surface area contributed by atoms with Gasteiger partial charge in [0.2, 0.25) is 0 Å². The number of aliphatic imine (C=N–C) groups is 1. The molecule has 178 valence electrons. The molecule has 4 rings (SSSR count). The average Bonchev–Trinajstić information content (AvgIpc) is 3.52. The second kappa shape index (κ2) is 8.73. The lowest BCUT2D eigenvalue weighted by molar-refractivity contribution is 0.0987. The van der Waals surface area contributed by atoms with Gasteiger partial charge < -0.3 is 20.3 Å². The lowest BCUT2D eigenvalue weighted by Gasteiger charge is -2.30. The summed E-state index contributed by atoms with van der Waals surface area (Å²) < 4.78 is 25.8. The van der Waals surface area contributed by atoms with Crippen molar-refractivity contribution in [1.82, 2.24) is 4.98 Å². The third kappa shape index (κ3) is 5.05. The van der Waals surface area contributed by atoms with Crippen LogP contribution >= 0.6 is 0 Å². The molecule has 1 aliphatic heterocycles. The average molecular weight is 466 g/mol. The zero-order valence-electron chi connectivity index (χ0n) is 19.7. The van der Waals surface area contributed by atoms with E-state index in [-0.39, 0.29) is 42.7 Å². The summed E-state index contributed by atoms with van der Waals surface area (Å²) in [4.78, 5) is 21.7. The van der Waals surface area contributed by atoms with Crippen molar-refractivity contribution in [3.63, 3.8) is 0 Å². The van der Waals surface area contributed by atoms with Gasteiger partial charge in [0.1, 0.15) is 35.6 Å². The molecular formula is C26H28FN3O4. The first kappa shape index (κ1) is 23.7. The van der Waals surface area contributed by atoms with Gasteiger partial charge in [0, 0.05) is 17.9 Å². The van der Waals surface area contributed by atoms with Crippen molar-refractivity contribution in [2.75, 3.05) is 6.61 Å². The fourth-order valence-electron chi connectivity index (χ4n) is 4.28. The standard InChI is InChI=1S/C26H28FN3O4/c1-15-10-17(33-9-5-8-25(2,3)32)14-29-23(15)21(31)12-16-6-7-20(27)18(11-16)26(4)19-13-22(19)34-24(28)30-26/h6-7,10-11,14,19,22,32H,9,12-13H2,1-4H3,(H2,28,30)/t19-,22+,26+/m1/s1. The number of rotatable bonds is 6. The lowest BCUT2D eigenvalue weighted by Crippen LogP contribution is -2.35. The topological polar surface area (TPSA) is 107 Å². The molecule has 0 unspecified atom stereocenters. The Morgan fingerprint density at radius 3 is 2.88 bits per heavy atom. The molecule has 0 radical (unpaired) electrons. The summed E-state index contributed by atoms with van der Waals surface area (Å²) in [5.74, 6) is 5.37. The van der Waals surface area contributed by atoms with Crippen LogP contribution in [-0.2, 0) is 16.7 Å². The molecule has 34 heavy (non-hydrogen) atoms. The minimum Gasteiger partial charge on any atom is -0.479 e. The summed E-state index contributed by atoms with van der Waals surface area (Å²) in [6.45, 7) is 6.90. The first-order valence-electron chi connectivity index (χ1n) is 11.1. The number of hydrogen-bond acceptors (Lipinski definition) is 7. The number of ketones is 1. The molecule has 2 heterocycles. The number of hydrogen-bond donors (Lipinski definition) is 2. The highest BCUT2D eigenvalue weighted by Crippen LogP contribution is 2.53. The van der Waals surface area contributed by atoms with E-state index in [0.29, 0.717) is 28.1 Å². The van der Waals surface area contributed by atoms with Crippen LogP contribution in [0.15, 0.2) is 35.5 Å². The number of benzene rings is 1. The molecule has 1 saturated carbocycles. The molecule has 0 saturated heterocycles. The van der Waals surface area contributed by atoms with Crippen molar-refractivity contribution >= 4 is 11.8 Å². The summed E-state index contributed by atoms with van der Waals surface area (Å²) in [6.07, 6.45) is 2.26. The predicted octanol–water partition coefficient (Wildman–Crippen LogP) is 3.06. The fourth-order valence-corrected chi connectivity index (χ4v) is 4.28. The Kier molecular flexibility index (Phi) is 6.09. The Labute approximate surface area is 198 Å². The Morgan fingerprint density at radius 2 is 2.18 bits per heavy atom. The van der Waals surface area contributed by atoms with Crippen LogP contribution in [0, 0.1) is 30.5 Å². The van der Waals surface area contributed by atoms with E-state index in [1.54, 1.807) is 39.0 Å². The van der Waals surface area contributed by atoms with Crippen molar-refractivity contribution in [2.24, 2.45) is 16.6 Å². The Bertz CT molecular complexity index is 1220. The Hall–Kier alpha value is -3.44. The number of Topliss-reactive ketones (excluding diaryl/α,β-unsaturated/α-hetero) is 1. The Balaban J connectivity index is 1.48. The van der Waals surface area contributed by atoms with Gasteiger partial charge in [0.25, 0.3) is 6.02 Å². The molecular weight excluding hydrogens is 437 g/mol. The van der Waals surface area contributed by atoms with Crippen LogP contribution in [0.1, 0.15) is 54.4 Å². The number of aliphatic hydroxyl groups is 1. The molecule has 8 heteroatoms. The van der Waals surface area contributed by atoms with Gasteiger partial charge in [-0.3, -0.25) is 4.79 Å². The molecule has 1 fully saturated rings. The summed E-state index contributed by atoms with van der Waals surface area (Å²) in [5.41, 5.74) is 5.97. The number of nitrogens with two attached hydrogens (primary N) is 1. The van der Waals surface area contributed by atoms with Gasteiger partial charge in [-0.15, -0.1) is 0 Å². The maximum atomic E-state index is 14.8. The third-order valence-corrected chi connectivity index (χ3v) is 6.03. The second-order valence-corrected chi connectivity index (χ2v) is 9.50. The van der Waals surface area contributed by atoms with Crippen molar-refractivity contribution in [3.05, 3.63) is 58.7 Å². The number of aryl methyl sites for hydroxylation is 1. The zero-order valence-corrected chi connectivity index (χ0v) is 19.7. The number of nitrogens with zero attached hydrogens (tertiary/aromatic N) is 2. The summed E-state index contributed by atoms with van der Waals surface area (Å²) in [7, 11) is 0. The van der Waals surface area contributed by atoms with E-state index in [4.69, 9.17) is 15.2 Å². The molecule has 3 N–H and O–H groups in total. The van der Waals surface area contributed by atoms with E-state index in [0.717, 1.165) is 6.42 Å². The van der Waals surface area contributed by atoms with Crippen molar-refractivity contribution < 1.29 is 23.8 Å². The normalized spacial score (nSPS) is 23.1. The van der Waals surface area contributed by atoms with Crippen molar-refractivity contribution in [2.45, 2.75) is 57.8 Å². The van der Waals surface area contributed by atoms with Gasteiger partial charge in [-0.2, -0.15) is 0 Å². The predicted molar refractivity (Wildman–Crippen MR) is 125 cm³/mol. The molecule has 2 aromatic rings. The van der Waals surface area contributed by atoms with Gasteiger partial charge in [-0.05, 0) is 63.4 Å². The van der Waals surface area contributed by atoms with Gasteiger partial charge in [-0.1, -0.05) is 17.9 Å². The van der Waals surface area contributed by atoms with Crippen LogP contribution < -0.4 is 10.5 Å². The molecule has 1 aromatic carbocycles. The van der Waals surface area contributed by atoms with Gasteiger partial charge in [0.15, 0.2) is 5.78 Å². The summed E-state index contributed by atoms with van der Waals surface area (Å²) >= 11 is 0. The molecule has 0 spiro atoms. The molecule has 7 nitrogen and oxygen atoms in total. The quantitative estimate of drug-likeness (QED) is 0.502. The number of aromatic nitrogens is 1. The first-order chi connectivity index (χ1) is 16.0. The molecule has 0 bridgehead atoms. The molecule has 1 aromatic heterocycles. The molecule has 3 atom stereocenters. The van der Waals surface area contributed by atoms with Crippen LogP contribution in [0.3, 0.4) is 0 Å². The van der Waals surface area contributed by atoms with Crippen LogP contribution in [0.25, 0.3) is 0 Å². The zero-order chi connectivity index (χ0) is 24.7. The van der Waals surface area contributed by atoms with Crippen molar-refractivity contribution in [3.8, 4) is 17.6 Å². The number of fused-ring (bicyclic) bond motifs is 1. The third-order valence-electron chi connectivity index (χ3n) is 6.03. The summed E-state index contributed by atoms with van der Waals surface area (Å²) in [5, 5.41) is 9.61. The van der Waals surface area contributed by atoms with Crippen molar-refractivity contribution in [1.29, 1.82) is 0 Å². The van der Waals surface area contributed by atoms with Crippen LogP contribution in [0.4, 0.5) is 4.39 Å². The van der Waals surface area contributed by atoms with E-state index < -0.39 is 11.1 Å². The van der Waals surface area contributed by atoms with E-state index in [9.17, 15) is 14.3 Å². The Morgan fingerprint density at radius 1 is 1.41 bits per heavy atom. The number of amidine groups is 1. The van der Waals surface area contributed by atoms with E-state index in [2.05, 4.69) is 21.8 Å². The smallest absolute Gasteiger partial charge is 0.283 e. The van der Waals surface area contributed by atoms with E-state index in [1.807, 2.05) is 6.92 Å². The minimum absolute atomic E-state index is 0.0409. The van der Waals surface area contributed by atoms with Crippen LogP contribution in [-0.4, -0.2) is 40.2 Å². The number of halogens is 1. The van der Waals surface area contributed by atoms with E-state index in [1.165, 1.54) is 12.3 Å². The van der Waals surface area contributed by atoms with Crippen LogP contribution in [0.2, 0.25) is 0 Å². The number of carbonyl (C=O) groups excluding carboxylic acids is 1. The summed E-state index contributed by atoms with van der Waals surface area (Å²) in [6, 6.07) is 6.45. The molecule has 2 aliphatic rings. The highest BCUT2D eigenvalue weighted by Gasteiger charge is 2.57. The fraction of sp³-hybridized carbons (Fsp3) is 0.423. The largest absolute Gasteiger partial charge is 0.479 e. The molecule has 0 amide bonds. The van der Waals surface area contributed by atoms with Gasteiger partial charge in [0.05, 0.1) is 11.7 Å². The number of carbonyl (C=O) groups is 1. The number of pyridine rings is 1. The maximum Gasteiger partial charge on any atom is 0.283 e. The monoisotopic (exact) mass is 465 g/mol. The maximum absolute atomic E-state index is 14.8. The lowest BCUT2D eigenvalue weighted by atomic mass is 9.85. The highest BCUT2D eigenvalue weighted by atomic mass is 19.1. The first-order valence-corrected chi connectivity index (χ1v) is 11.1. The van der Waals surface area contributed by atoms with Gasteiger partial charge in [-0.25, -0.2) is 14.4 Å².